The second-order valence-corrected chi connectivity index (χ2v) is 7.26. The molecule has 0 N–H and O–H groups in total. The molecule has 0 bridgehead atoms. The molecule has 1 saturated heterocycles. The average molecular weight is 330 g/mol. The predicted octanol–water partition coefficient (Wildman–Crippen LogP) is 2.87. The van der Waals surface area contributed by atoms with E-state index in [0.29, 0.717) is 11.7 Å². The summed E-state index contributed by atoms with van der Waals surface area (Å²) in [6, 6.07) is 5.69. The van der Waals surface area contributed by atoms with Gasteiger partial charge in [0, 0.05) is 24.5 Å². The molecular formula is C17H22N4OS. The van der Waals surface area contributed by atoms with Crippen molar-refractivity contribution in [2.24, 2.45) is 5.92 Å². The first-order valence-corrected chi connectivity index (χ1v) is 8.80. The van der Waals surface area contributed by atoms with Crippen LogP contribution in [0.15, 0.2) is 22.1 Å². The van der Waals surface area contributed by atoms with Crippen LogP contribution >= 0.6 is 11.3 Å². The number of furan rings is 1. The number of nitrogens with zero attached hydrogens (tertiary/aromatic N) is 4. The minimum atomic E-state index is 0.399. The molecule has 2 aromatic rings. The first-order chi connectivity index (χ1) is 11.1. The maximum absolute atomic E-state index is 8.81. The van der Waals surface area contributed by atoms with E-state index in [2.05, 4.69) is 28.8 Å². The molecule has 0 saturated carbocycles. The van der Waals surface area contributed by atoms with Crippen LogP contribution < -0.4 is 0 Å². The quantitative estimate of drug-likeness (QED) is 0.815. The van der Waals surface area contributed by atoms with Crippen molar-refractivity contribution in [3.05, 3.63) is 39.7 Å². The van der Waals surface area contributed by atoms with Gasteiger partial charge in [0.25, 0.3) is 0 Å². The Bertz CT molecular complexity index is 687. The van der Waals surface area contributed by atoms with Gasteiger partial charge >= 0.3 is 0 Å². The van der Waals surface area contributed by atoms with Crippen LogP contribution in [0.5, 0.6) is 0 Å². The van der Waals surface area contributed by atoms with Crippen LogP contribution in [0.4, 0.5) is 0 Å². The summed E-state index contributed by atoms with van der Waals surface area (Å²) in [7, 11) is 2.19. The molecule has 5 nitrogen and oxygen atoms in total. The van der Waals surface area contributed by atoms with Gasteiger partial charge in [-0.1, -0.05) is 0 Å². The summed E-state index contributed by atoms with van der Waals surface area (Å²) in [5.41, 5.74) is 3.08. The van der Waals surface area contributed by atoms with E-state index < -0.39 is 0 Å². The Hall–Kier alpha value is -1.68. The summed E-state index contributed by atoms with van der Waals surface area (Å²) >= 11 is 1.74. The van der Waals surface area contributed by atoms with Gasteiger partial charge in [0.2, 0.25) is 5.76 Å². The third kappa shape index (κ3) is 4.20. The van der Waals surface area contributed by atoms with Gasteiger partial charge in [0.1, 0.15) is 11.8 Å². The van der Waals surface area contributed by atoms with Crippen molar-refractivity contribution < 1.29 is 4.42 Å². The fraction of sp³-hybridized carbons (Fsp3) is 0.529. The van der Waals surface area contributed by atoms with Gasteiger partial charge in [-0.15, -0.1) is 11.3 Å². The van der Waals surface area contributed by atoms with Crippen molar-refractivity contribution in [3.8, 4) is 6.07 Å². The number of aromatic nitrogens is 1. The second-order valence-electron chi connectivity index (χ2n) is 6.33. The van der Waals surface area contributed by atoms with E-state index in [1.165, 1.54) is 11.3 Å². The lowest BCUT2D eigenvalue weighted by molar-refractivity contribution is 0.247. The van der Waals surface area contributed by atoms with Crippen molar-refractivity contribution >= 4 is 11.3 Å². The maximum atomic E-state index is 8.81. The molecule has 1 aliphatic heterocycles. The minimum absolute atomic E-state index is 0.399. The summed E-state index contributed by atoms with van der Waals surface area (Å²) in [4.78, 5) is 10.5. The highest BCUT2D eigenvalue weighted by Gasteiger charge is 2.24. The van der Waals surface area contributed by atoms with Gasteiger partial charge in [0.15, 0.2) is 0 Å². The molecular weight excluding hydrogens is 308 g/mol. The topological polar surface area (TPSA) is 56.3 Å². The highest BCUT2D eigenvalue weighted by molar-refractivity contribution is 7.09. The van der Waals surface area contributed by atoms with Gasteiger partial charge in [-0.3, -0.25) is 4.90 Å². The molecule has 1 fully saturated rings. The number of aryl methyl sites for hydroxylation is 1. The van der Waals surface area contributed by atoms with Crippen LogP contribution in [0.3, 0.4) is 0 Å². The normalized spacial score (nSPS) is 18.6. The van der Waals surface area contributed by atoms with Crippen molar-refractivity contribution in [1.29, 1.82) is 5.26 Å². The molecule has 3 heterocycles. The Kier molecular flexibility index (Phi) is 5.11. The molecule has 122 valence electrons. The van der Waals surface area contributed by atoms with E-state index in [0.717, 1.165) is 44.2 Å². The number of nitriles is 1. The fourth-order valence-corrected chi connectivity index (χ4v) is 4.03. The first-order valence-electron chi connectivity index (χ1n) is 7.92. The largest absolute Gasteiger partial charge is 0.449 e. The molecule has 1 atom stereocenters. The van der Waals surface area contributed by atoms with Crippen LogP contribution in [0, 0.1) is 24.2 Å². The van der Waals surface area contributed by atoms with Crippen molar-refractivity contribution in [1.82, 2.24) is 14.8 Å². The zero-order valence-corrected chi connectivity index (χ0v) is 14.5. The Labute approximate surface area is 141 Å². The summed E-state index contributed by atoms with van der Waals surface area (Å²) in [5.74, 6) is 1.98. The van der Waals surface area contributed by atoms with Crippen LogP contribution in [-0.4, -0.2) is 41.5 Å². The maximum Gasteiger partial charge on any atom is 0.203 e. The molecule has 0 radical (unpaired) electrons. The van der Waals surface area contributed by atoms with Crippen LogP contribution in [0.25, 0.3) is 0 Å². The molecule has 1 aliphatic rings. The van der Waals surface area contributed by atoms with Crippen molar-refractivity contribution in [2.45, 2.75) is 26.4 Å². The molecule has 23 heavy (non-hydrogen) atoms. The number of likely N-dealkylation sites (tertiary alicyclic amines) is 1. The van der Waals surface area contributed by atoms with Crippen LogP contribution in [-0.2, 0) is 13.1 Å². The number of hydrogen-bond acceptors (Lipinski definition) is 6. The zero-order valence-electron chi connectivity index (χ0n) is 13.7. The zero-order chi connectivity index (χ0) is 16.2. The van der Waals surface area contributed by atoms with Gasteiger partial charge in [-0.2, -0.15) is 5.26 Å². The Morgan fingerprint density at radius 1 is 1.52 bits per heavy atom. The third-order valence-electron chi connectivity index (χ3n) is 4.35. The lowest BCUT2D eigenvalue weighted by atomic mass is 10.1. The monoisotopic (exact) mass is 330 g/mol. The molecule has 0 amide bonds. The van der Waals surface area contributed by atoms with Crippen LogP contribution in [0.1, 0.15) is 28.5 Å². The third-order valence-corrected chi connectivity index (χ3v) is 5.27. The highest BCUT2D eigenvalue weighted by atomic mass is 32.1. The summed E-state index contributed by atoms with van der Waals surface area (Å²) in [6.07, 6.45) is 1.22. The van der Waals surface area contributed by atoms with Gasteiger partial charge in [-0.25, -0.2) is 4.98 Å². The van der Waals surface area contributed by atoms with Crippen LogP contribution in [0.2, 0.25) is 0 Å². The molecule has 0 spiro atoms. The van der Waals surface area contributed by atoms with Gasteiger partial charge in [0.05, 0.1) is 17.7 Å². The number of rotatable bonds is 6. The lowest BCUT2D eigenvalue weighted by Crippen LogP contribution is -2.27. The summed E-state index contributed by atoms with van der Waals surface area (Å²) in [6.45, 7) is 7.16. The SMILES string of the molecule is Cc1ncsc1CN(C)C[C@@H]1CCN(Cc2ccc(C#N)o2)C1. The van der Waals surface area contributed by atoms with Gasteiger partial charge in [-0.05, 0) is 45.0 Å². The van der Waals surface area contributed by atoms with E-state index in [-0.39, 0.29) is 0 Å². The van der Waals surface area contributed by atoms with E-state index in [1.54, 1.807) is 17.4 Å². The Morgan fingerprint density at radius 3 is 3.09 bits per heavy atom. The molecule has 6 heteroatoms. The Morgan fingerprint density at radius 2 is 2.39 bits per heavy atom. The van der Waals surface area contributed by atoms with E-state index >= 15 is 0 Å². The smallest absolute Gasteiger partial charge is 0.203 e. The number of thiazole rings is 1. The fourth-order valence-electron chi connectivity index (χ4n) is 3.18. The lowest BCUT2D eigenvalue weighted by Gasteiger charge is -2.21. The molecule has 0 unspecified atom stereocenters. The van der Waals surface area contributed by atoms with Crippen molar-refractivity contribution in [2.75, 3.05) is 26.7 Å². The van der Waals surface area contributed by atoms with Gasteiger partial charge < -0.3 is 9.32 Å². The predicted molar refractivity (Wildman–Crippen MR) is 90.0 cm³/mol. The minimum Gasteiger partial charge on any atom is -0.449 e. The molecule has 0 aromatic carbocycles. The Balaban J connectivity index is 1.46. The number of hydrogen-bond donors (Lipinski definition) is 0. The standard InChI is InChI=1S/C17H22N4OS/c1-13-17(23-12-19-13)11-20(2)8-14-5-6-21(9-14)10-16-4-3-15(7-18)22-16/h3-4,12,14H,5-6,8-11H2,1-2H3/t14-/m0/s1. The van der Waals surface area contributed by atoms with Crippen molar-refractivity contribution in [3.63, 3.8) is 0 Å². The highest BCUT2D eigenvalue weighted by Crippen LogP contribution is 2.22. The first kappa shape index (κ1) is 16.2. The average Bonchev–Trinajstić information content (AvgIpc) is 3.23. The molecule has 2 aromatic heterocycles. The summed E-state index contributed by atoms with van der Waals surface area (Å²) in [5, 5.41) is 8.81. The second kappa shape index (κ2) is 7.26. The summed E-state index contributed by atoms with van der Waals surface area (Å²) < 4.78 is 5.48. The van der Waals surface area contributed by atoms with E-state index in [9.17, 15) is 0 Å². The molecule has 0 aliphatic carbocycles. The molecule has 3 rings (SSSR count). The van der Waals surface area contributed by atoms with E-state index in [4.69, 9.17) is 9.68 Å². The van der Waals surface area contributed by atoms with E-state index in [1.807, 2.05) is 17.6 Å².